The van der Waals surface area contributed by atoms with Crippen molar-refractivity contribution >= 4 is 17.2 Å². The van der Waals surface area contributed by atoms with Gasteiger partial charge >= 0.3 is 0 Å². The average Bonchev–Trinajstić information content (AvgIpc) is 2.33. The van der Waals surface area contributed by atoms with Gasteiger partial charge in [-0.15, -0.1) is 0 Å². The summed E-state index contributed by atoms with van der Waals surface area (Å²) in [5, 5.41) is 6.74. The molecule has 2 N–H and O–H groups in total. The molecule has 1 aromatic heterocycles. The Hall–Kier alpha value is -2.03. The highest BCUT2D eigenvalue weighted by molar-refractivity contribution is 5.70. The van der Waals surface area contributed by atoms with E-state index in [0.29, 0.717) is 6.04 Å². The maximum atomic E-state index is 4.55. The van der Waals surface area contributed by atoms with Gasteiger partial charge in [-0.05, 0) is 45.0 Å². The van der Waals surface area contributed by atoms with Crippen molar-refractivity contribution in [3.05, 3.63) is 48.2 Å². The maximum Gasteiger partial charge on any atom is 0.154 e. The number of pyridine rings is 1. The van der Waals surface area contributed by atoms with Crippen molar-refractivity contribution in [1.82, 2.24) is 4.98 Å². The summed E-state index contributed by atoms with van der Waals surface area (Å²) in [5.41, 5.74) is 3.07. The van der Waals surface area contributed by atoms with Crippen molar-refractivity contribution in [2.75, 3.05) is 10.6 Å². The van der Waals surface area contributed by atoms with Crippen LogP contribution in [-0.2, 0) is 0 Å². The molecule has 0 aliphatic carbocycles. The van der Waals surface area contributed by atoms with E-state index < -0.39 is 0 Å². The van der Waals surface area contributed by atoms with E-state index in [4.69, 9.17) is 0 Å². The number of anilines is 3. The molecular weight excluding hydrogens is 222 g/mol. The molecule has 0 saturated heterocycles. The number of nitrogens with one attached hydrogen (secondary N) is 2. The molecule has 18 heavy (non-hydrogen) atoms. The van der Waals surface area contributed by atoms with Gasteiger partial charge in [-0.2, -0.15) is 0 Å². The van der Waals surface area contributed by atoms with E-state index in [1.54, 1.807) is 0 Å². The van der Waals surface area contributed by atoms with Crippen LogP contribution in [0, 0.1) is 6.92 Å². The zero-order valence-electron chi connectivity index (χ0n) is 11.1. The minimum atomic E-state index is 0.380. The fraction of sp³-hybridized carbons (Fsp3) is 0.267. The minimum Gasteiger partial charge on any atom is -0.380 e. The lowest BCUT2D eigenvalue weighted by Crippen LogP contribution is -2.12. The lowest BCUT2D eigenvalue weighted by molar-refractivity contribution is 0.898. The van der Waals surface area contributed by atoms with E-state index in [0.717, 1.165) is 22.9 Å². The van der Waals surface area contributed by atoms with E-state index in [-0.39, 0.29) is 0 Å². The van der Waals surface area contributed by atoms with Crippen LogP contribution in [0.1, 0.15) is 19.5 Å². The maximum absolute atomic E-state index is 4.55. The number of aromatic nitrogens is 1. The van der Waals surface area contributed by atoms with E-state index >= 15 is 0 Å². The Morgan fingerprint density at radius 1 is 1.00 bits per heavy atom. The van der Waals surface area contributed by atoms with Crippen LogP contribution in [0.25, 0.3) is 0 Å². The Bertz CT molecular complexity index is 506. The summed E-state index contributed by atoms with van der Waals surface area (Å²) < 4.78 is 0. The molecule has 0 atom stereocenters. The number of benzene rings is 1. The van der Waals surface area contributed by atoms with Gasteiger partial charge in [0.25, 0.3) is 0 Å². The number of hydrogen-bond donors (Lipinski definition) is 2. The summed E-state index contributed by atoms with van der Waals surface area (Å²) in [6.45, 7) is 6.23. The Kier molecular flexibility index (Phi) is 3.82. The highest BCUT2D eigenvalue weighted by Crippen LogP contribution is 2.24. The second-order valence-electron chi connectivity index (χ2n) is 4.64. The smallest absolute Gasteiger partial charge is 0.154 e. The lowest BCUT2D eigenvalue weighted by Gasteiger charge is -2.15. The van der Waals surface area contributed by atoms with Crippen molar-refractivity contribution in [3.63, 3.8) is 0 Å². The molecule has 0 aliphatic rings. The summed E-state index contributed by atoms with van der Waals surface area (Å²) >= 11 is 0. The molecule has 1 aromatic carbocycles. The number of para-hydroxylation sites is 1. The average molecular weight is 241 g/mol. The molecule has 3 heteroatoms. The van der Waals surface area contributed by atoms with Crippen molar-refractivity contribution < 1.29 is 0 Å². The molecule has 2 aromatic rings. The summed E-state index contributed by atoms with van der Waals surface area (Å²) in [6, 6.07) is 14.5. The summed E-state index contributed by atoms with van der Waals surface area (Å²) in [6.07, 6.45) is 0. The molecule has 0 saturated carbocycles. The highest BCUT2D eigenvalue weighted by Gasteiger charge is 2.05. The first-order valence-corrected chi connectivity index (χ1v) is 6.21. The SMILES string of the molecule is Cc1ccc(NC(C)C)c(Nc2ccccc2)n1. The first kappa shape index (κ1) is 12.4. The third kappa shape index (κ3) is 3.23. The number of aryl methyl sites for hydroxylation is 1. The van der Waals surface area contributed by atoms with Gasteiger partial charge in [0.1, 0.15) is 0 Å². The molecule has 0 amide bonds. The summed E-state index contributed by atoms with van der Waals surface area (Å²) in [5.74, 6) is 0.870. The predicted molar refractivity (Wildman–Crippen MR) is 77.5 cm³/mol. The minimum absolute atomic E-state index is 0.380. The molecule has 0 fully saturated rings. The molecule has 0 unspecified atom stereocenters. The summed E-state index contributed by atoms with van der Waals surface area (Å²) in [7, 11) is 0. The van der Waals surface area contributed by atoms with Gasteiger partial charge in [-0.3, -0.25) is 0 Å². The first-order valence-electron chi connectivity index (χ1n) is 6.21. The van der Waals surface area contributed by atoms with Gasteiger partial charge in [-0.25, -0.2) is 4.98 Å². The number of rotatable bonds is 4. The Labute approximate surface area is 108 Å². The van der Waals surface area contributed by atoms with Gasteiger partial charge < -0.3 is 10.6 Å². The Balaban J connectivity index is 2.27. The lowest BCUT2D eigenvalue weighted by atomic mass is 10.2. The predicted octanol–water partition coefficient (Wildman–Crippen LogP) is 3.95. The van der Waals surface area contributed by atoms with Crippen LogP contribution in [0.4, 0.5) is 17.2 Å². The topological polar surface area (TPSA) is 37.0 Å². The van der Waals surface area contributed by atoms with Crippen LogP contribution in [0.15, 0.2) is 42.5 Å². The standard InChI is InChI=1S/C15H19N3/c1-11(2)16-14-10-9-12(3)17-15(14)18-13-7-5-4-6-8-13/h4-11,16H,1-3H3,(H,17,18). The molecule has 0 spiro atoms. The molecule has 94 valence electrons. The second-order valence-corrected chi connectivity index (χ2v) is 4.64. The van der Waals surface area contributed by atoms with Crippen LogP contribution >= 0.6 is 0 Å². The van der Waals surface area contributed by atoms with Crippen molar-refractivity contribution in [2.24, 2.45) is 0 Å². The van der Waals surface area contributed by atoms with Crippen molar-refractivity contribution in [3.8, 4) is 0 Å². The monoisotopic (exact) mass is 241 g/mol. The van der Waals surface area contributed by atoms with E-state index in [1.807, 2.05) is 43.3 Å². The van der Waals surface area contributed by atoms with Crippen molar-refractivity contribution in [1.29, 1.82) is 0 Å². The third-order valence-electron chi connectivity index (χ3n) is 2.52. The van der Waals surface area contributed by atoms with Gasteiger partial charge in [0.05, 0.1) is 5.69 Å². The largest absolute Gasteiger partial charge is 0.380 e. The molecule has 3 nitrogen and oxygen atoms in total. The van der Waals surface area contributed by atoms with Crippen LogP contribution < -0.4 is 10.6 Å². The number of hydrogen-bond acceptors (Lipinski definition) is 3. The zero-order chi connectivity index (χ0) is 13.0. The van der Waals surface area contributed by atoms with E-state index in [1.165, 1.54) is 0 Å². The second kappa shape index (κ2) is 5.54. The van der Waals surface area contributed by atoms with Crippen LogP contribution in [0.3, 0.4) is 0 Å². The fourth-order valence-electron chi connectivity index (χ4n) is 1.74. The van der Waals surface area contributed by atoms with Crippen LogP contribution in [0.5, 0.6) is 0 Å². The Morgan fingerprint density at radius 2 is 1.72 bits per heavy atom. The van der Waals surface area contributed by atoms with E-state index in [9.17, 15) is 0 Å². The Morgan fingerprint density at radius 3 is 2.39 bits per heavy atom. The number of nitrogens with zero attached hydrogens (tertiary/aromatic N) is 1. The van der Waals surface area contributed by atoms with Gasteiger partial charge in [0.15, 0.2) is 5.82 Å². The normalized spacial score (nSPS) is 10.4. The summed E-state index contributed by atoms with van der Waals surface area (Å²) in [4.78, 5) is 4.55. The molecule has 2 rings (SSSR count). The van der Waals surface area contributed by atoms with Gasteiger partial charge in [-0.1, -0.05) is 18.2 Å². The highest BCUT2D eigenvalue weighted by atomic mass is 15.0. The van der Waals surface area contributed by atoms with Crippen molar-refractivity contribution in [2.45, 2.75) is 26.8 Å². The zero-order valence-corrected chi connectivity index (χ0v) is 11.1. The third-order valence-corrected chi connectivity index (χ3v) is 2.52. The molecule has 1 heterocycles. The molecule has 0 bridgehead atoms. The van der Waals surface area contributed by atoms with Gasteiger partial charge in [0, 0.05) is 17.4 Å². The van der Waals surface area contributed by atoms with Gasteiger partial charge in [0.2, 0.25) is 0 Å². The van der Waals surface area contributed by atoms with Crippen LogP contribution in [-0.4, -0.2) is 11.0 Å². The molecule has 0 radical (unpaired) electrons. The molecular formula is C15H19N3. The quantitative estimate of drug-likeness (QED) is 0.851. The van der Waals surface area contributed by atoms with Crippen LogP contribution in [0.2, 0.25) is 0 Å². The fourth-order valence-corrected chi connectivity index (χ4v) is 1.74. The molecule has 0 aliphatic heterocycles. The first-order chi connectivity index (χ1) is 8.65. The van der Waals surface area contributed by atoms with E-state index in [2.05, 4.69) is 35.5 Å².